The van der Waals surface area contributed by atoms with Crippen molar-refractivity contribution in [1.29, 1.82) is 5.26 Å². The molecule has 0 atom stereocenters. The van der Waals surface area contributed by atoms with Gasteiger partial charge < -0.3 is 14.5 Å². The molecule has 0 bridgehead atoms. The molecule has 200 valence electrons. The lowest BCUT2D eigenvalue weighted by atomic mass is 9.89. The molecule has 0 unspecified atom stereocenters. The van der Waals surface area contributed by atoms with Crippen LogP contribution in [0.15, 0.2) is 66.7 Å². The molecule has 1 aromatic heterocycles. The summed E-state index contributed by atoms with van der Waals surface area (Å²) in [6, 6.07) is 24.3. The van der Waals surface area contributed by atoms with Gasteiger partial charge in [-0.2, -0.15) is 5.26 Å². The van der Waals surface area contributed by atoms with E-state index in [-0.39, 0.29) is 11.9 Å². The molecule has 0 spiro atoms. The van der Waals surface area contributed by atoms with Gasteiger partial charge in [0.2, 0.25) is 0 Å². The van der Waals surface area contributed by atoms with Gasteiger partial charge in [0.25, 0.3) is 5.91 Å². The van der Waals surface area contributed by atoms with E-state index < -0.39 is 0 Å². The maximum Gasteiger partial charge on any atom is 0.266 e. The van der Waals surface area contributed by atoms with E-state index in [9.17, 15) is 10.1 Å². The van der Waals surface area contributed by atoms with Crippen LogP contribution in [0.2, 0.25) is 5.02 Å². The molecular weight excluding hydrogens is 526 g/mol. The standard InChI is InChI=1S/C32H32ClN3O2S/c1-35(2)25-12-14-26(15-13-25)36(32(37)31-30(33)27-9-4-5-10-29(27)39-31)20-24-18-23(11-16-28(24)38-3)22-8-6-7-21(17-22)19-34/h4-11,16-18,25-26H,12-15,20H2,1-3H3. The predicted molar refractivity (Wildman–Crippen MR) is 160 cm³/mol. The maximum atomic E-state index is 14.3. The second-order valence-electron chi connectivity index (χ2n) is 10.3. The van der Waals surface area contributed by atoms with Crippen LogP contribution in [-0.4, -0.2) is 49.0 Å². The summed E-state index contributed by atoms with van der Waals surface area (Å²) in [6.45, 7) is 0.412. The summed E-state index contributed by atoms with van der Waals surface area (Å²) < 4.78 is 6.77. The van der Waals surface area contributed by atoms with Crippen LogP contribution < -0.4 is 4.74 Å². The zero-order valence-corrected chi connectivity index (χ0v) is 24.1. The Bertz CT molecular complexity index is 1530. The number of nitriles is 1. The number of methoxy groups -OCH3 is 1. The molecule has 0 saturated heterocycles. The first-order valence-corrected chi connectivity index (χ1v) is 14.4. The highest BCUT2D eigenvalue weighted by Gasteiger charge is 2.33. The Morgan fingerprint density at radius 1 is 1.00 bits per heavy atom. The first-order valence-electron chi connectivity index (χ1n) is 13.2. The number of hydrogen-bond acceptors (Lipinski definition) is 5. The van der Waals surface area contributed by atoms with Gasteiger partial charge >= 0.3 is 0 Å². The number of fused-ring (bicyclic) bond motifs is 1. The van der Waals surface area contributed by atoms with Crippen LogP contribution in [-0.2, 0) is 6.54 Å². The zero-order valence-electron chi connectivity index (χ0n) is 22.5. The molecule has 4 aromatic rings. The number of carbonyl (C=O) groups is 1. The van der Waals surface area contributed by atoms with E-state index in [4.69, 9.17) is 16.3 Å². The Labute approximate surface area is 239 Å². The maximum absolute atomic E-state index is 14.3. The van der Waals surface area contributed by atoms with Crippen LogP contribution in [0.5, 0.6) is 5.75 Å². The number of ether oxygens (including phenoxy) is 1. The Balaban J connectivity index is 1.53. The molecule has 0 radical (unpaired) electrons. The molecule has 1 amide bonds. The quantitative estimate of drug-likeness (QED) is 0.234. The number of nitrogens with zero attached hydrogens (tertiary/aromatic N) is 3. The van der Waals surface area contributed by atoms with E-state index in [2.05, 4.69) is 31.1 Å². The normalized spacial score (nSPS) is 17.2. The van der Waals surface area contributed by atoms with E-state index in [1.54, 1.807) is 13.2 Å². The summed E-state index contributed by atoms with van der Waals surface area (Å²) in [5, 5.41) is 10.8. The molecule has 0 N–H and O–H groups in total. The number of benzene rings is 3. The van der Waals surface area contributed by atoms with Crippen molar-refractivity contribution < 1.29 is 9.53 Å². The smallest absolute Gasteiger partial charge is 0.266 e. The van der Waals surface area contributed by atoms with Crippen LogP contribution in [0.3, 0.4) is 0 Å². The molecule has 3 aromatic carbocycles. The average Bonchev–Trinajstić information content (AvgIpc) is 3.31. The van der Waals surface area contributed by atoms with Gasteiger partial charge in [-0.25, -0.2) is 0 Å². The molecule has 1 saturated carbocycles. The van der Waals surface area contributed by atoms with E-state index in [0.29, 0.717) is 28.0 Å². The number of halogens is 1. The number of carbonyl (C=O) groups excluding carboxylic acids is 1. The number of thiophene rings is 1. The van der Waals surface area contributed by atoms with Crippen LogP contribution >= 0.6 is 22.9 Å². The van der Waals surface area contributed by atoms with Crippen LogP contribution in [0.25, 0.3) is 21.2 Å². The van der Waals surface area contributed by atoms with Gasteiger partial charge in [0, 0.05) is 34.3 Å². The van der Waals surface area contributed by atoms with Crippen molar-refractivity contribution in [3.05, 3.63) is 87.8 Å². The Kier molecular flexibility index (Phi) is 8.23. The van der Waals surface area contributed by atoms with Gasteiger partial charge in [-0.15, -0.1) is 11.3 Å². The molecular formula is C32H32ClN3O2S. The van der Waals surface area contributed by atoms with Gasteiger partial charge in [-0.05, 0) is 81.2 Å². The first-order chi connectivity index (χ1) is 18.9. The van der Waals surface area contributed by atoms with Gasteiger partial charge in [0.1, 0.15) is 10.6 Å². The van der Waals surface area contributed by atoms with Gasteiger partial charge in [-0.1, -0.05) is 48.0 Å². The Morgan fingerprint density at radius 2 is 1.72 bits per heavy atom. The summed E-state index contributed by atoms with van der Waals surface area (Å²) in [6.07, 6.45) is 3.95. The number of rotatable bonds is 7. The molecule has 7 heteroatoms. The highest BCUT2D eigenvalue weighted by molar-refractivity contribution is 7.21. The molecule has 1 heterocycles. The minimum Gasteiger partial charge on any atom is -0.496 e. The van der Waals surface area contributed by atoms with E-state index in [0.717, 1.165) is 58.2 Å². The lowest BCUT2D eigenvalue weighted by molar-refractivity contribution is 0.0573. The Hall–Kier alpha value is -3.37. The van der Waals surface area contributed by atoms with Crippen LogP contribution in [0, 0.1) is 11.3 Å². The molecule has 0 aliphatic heterocycles. The van der Waals surface area contributed by atoms with Crippen molar-refractivity contribution in [2.24, 2.45) is 0 Å². The second-order valence-corrected chi connectivity index (χ2v) is 11.7. The Morgan fingerprint density at radius 3 is 2.41 bits per heavy atom. The monoisotopic (exact) mass is 557 g/mol. The van der Waals surface area contributed by atoms with Crippen molar-refractivity contribution in [3.8, 4) is 22.9 Å². The van der Waals surface area contributed by atoms with Crippen molar-refractivity contribution in [3.63, 3.8) is 0 Å². The average molecular weight is 558 g/mol. The fraction of sp³-hybridized carbons (Fsp3) is 0.312. The van der Waals surface area contributed by atoms with E-state index in [1.807, 2.05) is 59.5 Å². The lowest BCUT2D eigenvalue weighted by Crippen LogP contribution is -2.44. The van der Waals surface area contributed by atoms with Crippen molar-refractivity contribution >= 4 is 38.9 Å². The third kappa shape index (κ3) is 5.67. The molecule has 1 fully saturated rings. The first kappa shape index (κ1) is 27.2. The fourth-order valence-electron chi connectivity index (χ4n) is 5.57. The highest BCUT2D eigenvalue weighted by Crippen LogP contribution is 2.38. The van der Waals surface area contributed by atoms with E-state index in [1.165, 1.54) is 11.3 Å². The summed E-state index contributed by atoms with van der Waals surface area (Å²) in [5.41, 5.74) is 3.47. The third-order valence-electron chi connectivity index (χ3n) is 7.77. The number of hydrogen-bond donors (Lipinski definition) is 0. The van der Waals surface area contributed by atoms with Crippen LogP contribution in [0.4, 0.5) is 0 Å². The van der Waals surface area contributed by atoms with Gasteiger partial charge in [-0.3, -0.25) is 4.79 Å². The van der Waals surface area contributed by atoms with Gasteiger partial charge in [0.15, 0.2) is 0 Å². The van der Waals surface area contributed by atoms with Crippen molar-refractivity contribution in [1.82, 2.24) is 9.80 Å². The topological polar surface area (TPSA) is 56.6 Å². The summed E-state index contributed by atoms with van der Waals surface area (Å²) in [7, 11) is 5.91. The third-order valence-corrected chi connectivity index (χ3v) is 9.44. The molecule has 5 rings (SSSR count). The lowest BCUT2D eigenvalue weighted by Gasteiger charge is -2.39. The number of amides is 1. The van der Waals surface area contributed by atoms with Crippen LogP contribution in [0.1, 0.15) is 46.5 Å². The van der Waals surface area contributed by atoms with E-state index >= 15 is 0 Å². The molecule has 5 nitrogen and oxygen atoms in total. The largest absolute Gasteiger partial charge is 0.496 e. The zero-order chi connectivity index (χ0) is 27.5. The minimum absolute atomic E-state index is 0.0339. The minimum atomic E-state index is -0.0339. The fourth-order valence-corrected chi connectivity index (χ4v) is 7.04. The molecule has 1 aliphatic carbocycles. The summed E-state index contributed by atoms with van der Waals surface area (Å²) in [5.74, 6) is 0.700. The predicted octanol–water partition coefficient (Wildman–Crippen LogP) is 7.62. The van der Waals surface area contributed by atoms with Crippen molar-refractivity contribution in [2.75, 3.05) is 21.2 Å². The van der Waals surface area contributed by atoms with Crippen molar-refractivity contribution in [2.45, 2.75) is 44.3 Å². The summed E-state index contributed by atoms with van der Waals surface area (Å²) >= 11 is 8.26. The molecule has 39 heavy (non-hydrogen) atoms. The molecule has 1 aliphatic rings. The highest BCUT2D eigenvalue weighted by atomic mass is 35.5. The van der Waals surface area contributed by atoms with Gasteiger partial charge in [0.05, 0.1) is 23.8 Å². The summed E-state index contributed by atoms with van der Waals surface area (Å²) in [4.78, 5) is 19.1. The SMILES string of the molecule is COc1ccc(-c2cccc(C#N)c2)cc1CN(C(=O)c1sc2ccccc2c1Cl)C1CCC(N(C)C)CC1. The second kappa shape index (κ2) is 11.8.